The lowest BCUT2D eigenvalue weighted by molar-refractivity contribution is 1.18. The number of hydrogen-bond donors (Lipinski definition) is 0. The van der Waals surface area contributed by atoms with E-state index in [0.717, 1.165) is 28.3 Å². The van der Waals surface area contributed by atoms with Gasteiger partial charge in [-0.25, -0.2) is 0 Å². The highest BCUT2D eigenvalue weighted by Crippen LogP contribution is 2.42. The molecule has 0 radical (unpaired) electrons. The van der Waals surface area contributed by atoms with Crippen LogP contribution in [0, 0.1) is 11.3 Å². The maximum atomic E-state index is 9.36. The summed E-state index contributed by atoms with van der Waals surface area (Å²) in [4.78, 5) is 2.22. The van der Waals surface area contributed by atoms with E-state index in [-0.39, 0.29) is 0 Å². The summed E-state index contributed by atoms with van der Waals surface area (Å²) in [5.74, 6) is 0. The Balaban J connectivity index is 1.32. The van der Waals surface area contributed by atoms with Gasteiger partial charge in [-0.3, -0.25) is 0 Å². The SMILES string of the molecule is N#Cc1ccc(N(c2ccccc2)c2ccc(-c3cc4c5ccccc5n(-c5ccccc5)c4cc3-c3ccccc3)cc2)cc1. The summed E-state index contributed by atoms with van der Waals surface area (Å²) in [5, 5.41) is 11.8. The molecule has 0 unspecified atom stereocenters. The third-order valence-electron chi connectivity index (χ3n) is 8.62. The molecule has 8 rings (SSSR count). The fourth-order valence-electron chi connectivity index (χ4n) is 6.47. The van der Waals surface area contributed by atoms with Crippen molar-refractivity contribution in [3.8, 4) is 34.0 Å². The third-order valence-corrected chi connectivity index (χ3v) is 8.62. The minimum Gasteiger partial charge on any atom is -0.311 e. The quantitative estimate of drug-likeness (QED) is 0.194. The Morgan fingerprint density at radius 1 is 0.435 bits per heavy atom. The van der Waals surface area contributed by atoms with Crippen LogP contribution in [0.25, 0.3) is 49.7 Å². The fraction of sp³-hybridized carbons (Fsp3) is 0. The molecule has 0 bridgehead atoms. The van der Waals surface area contributed by atoms with E-state index in [9.17, 15) is 5.26 Å². The van der Waals surface area contributed by atoms with Gasteiger partial charge in [-0.2, -0.15) is 5.26 Å². The lowest BCUT2D eigenvalue weighted by Crippen LogP contribution is -2.09. The Kier molecular flexibility index (Phi) is 6.87. The summed E-state index contributed by atoms with van der Waals surface area (Å²) in [6.45, 7) is 0. The van der Waals surface area contributed by atoms with E-state index in [4.69, 9.17) is 0 Å². The molecule has 0 spiro atoms. The molecule has 216 valence electrons. The van der Waals surface area contributed by atoms with Crippen LogP contribution in [0.15, 0.2) is 176 Å². The van der Waals surface area contributed by atoms with Gasteiger partial charge in [0, 0.05) is 33.5 Å². The molecule has 3 heteroatoms. The number of para-hydroxylation sites is 3. The lowest BCUT2D eigenvalue weighted by atomic mass is 9.92. The molecule has 0 amide bonds. The van der Waals surface area contributed by atoms with E-state index in [1.165, 1.54) is 38.5 Å². The van der Waals surface area contributed by atoms with Crippen molar-refractivity contribution in [2.45, 2.75) is 0 Å². The summed E-state index contributed by atoms with van der Waals surface area (Å²) in [5.41, 5.74) is 12.0. The summed E-state index contributed by atoms with van der Waals surface area (Å²) >= 11 is 0. The first-order chi connectivity index (χ1) is 22.8. The Labute approximate surface area is 268 Å². The normalized spacial score (nSPS) is 11.0. The number of hydrogen-bond acceptors (Lipinski definition) is 2. The molecule has 46 heavy (non-hydrogen) atoms. The molecular weight excluding hydrogens is 558 g/mol. The van der Waals surface area contributed by atoms with Gasteiger partial charge in [0.2, 0.25) is 0 Å². The Morgan fingerprint density at radius 2 is 0.957 bits per heavy atom. The van der Waals surface area contributed by atoms with Gasteiger partial charge in [0.05, 0.1) is 22.7 Å². The highest BCUT2D eigenvalue weighted by Gasteiger charge is 2.18. The van der Waals surface area contributed by atoms with Gasteiger partial charge in [0.15, 0.2) is 0 Å². The number of rotatable bonds is 6. The topological polar surface area (TPSA) is 32.0 Å². The molecule has 0 aliphatic carbocycles. The van der Waals surface area contributed by atoms with Crippen LogP contribution < -0.4 is 4.90 Å². The minimum atomic E-state index is 0.643. The zero-order valence-corrected chi connectivity index (χ0v) is 25.1. The van der Waals surface area contributed by atoms with Crippen molar-refractivity contribution in [2.24, 2.45) is 0 Å². The van der Waals surface area contributed by atoms with Gasteiger partial charge >= 0.3 is 0 Å². The van der Waals surface area contributed by atoms with E-state index < -0.39 is 0 Å². The first-order valence-electron chi connectivity index (χ1n) is 15.4. The van der Waals surface area contributed by atoms with Crippen molar-refractivity contribution < 1.29 is 0 Å². The van der Waals surface area contributed by atoms with E-state index >= 15 is 0 Å². The molecule has 8 aromatic rings. The van der Waals surface area contributed by atoms with Crippen LogP contribution in [-0.2, 0) is 0 Å². The van der Waals surface area contributed by atoms with E-state index in [0.29, 0.717) is 5.56 Å². The highest BCUT2D eigenvalue weighted by molar-refractivity contribution is 6.12. The Morgan fingerprint density at radius 3 is 1.63 bits per heavy atom. The van der Waals surface area contributed by atoms with Crippen molar-refractivity contribution in [1.82, 2.24) is 4.57 Å². The summed E-state index contributed by atoms with van der Waals surface area (Å²) in [7, 11) is 0. The third kappa shape index (κ3) is 4.79. The molecule has 0 atom stereocenters. The monoisotopic (exact) mass is 587 g/mol. The summed E-state index contributed by atoms with van der Waals surface area (Å²) in [6, 6.07) is 63.8. The first kappa shape index (κ1) is 27.2. The molecule has 0 saturated carbocycles. The molecule has 1 aromatic heterocycles. The van der Waals surface area contributed by atoms with Gasteiger partial charge < -0.3 is 9.47 Å². The molecular formula is C43H29N3. The standard InChI is InChI=1S/C43H29N3/c44-30-31-20-24-36(25-21-31)45(34-14-6-2-7-15-34)37-26-22-33(23-27-37)39-28-41-38-18-10-11-19-42(38)46(35-16-8-3-9-17-35)43(41)29-40(39)32-12-4-1-5-13-32/h1-29H. The maximum Gasteiger partial charge on any atom is 0.0991 e. The Hall–Kier alpha value is -6.37. The van der Waals surface area contributed by atoms with Gasteiger partial charge in [-0.05, 0) is 101 Å². The largest absolute Gasteiger partial charge is 0.311 e. The second-order valence-electron chi connectivity index (χ2n) is 11.3. The molecule has 0 N–H and O–H groups in total. The number of aromatic nitrogens is 1. The number of anilines is 3. The van der Waals surface area contributed by atoms with Crippen molar-refractivity contribution >= 4 is 38.9 Å². The number of fused-ring (bicyclic) bond motifs is 3. The molecule has 7 aromatic carbocycles. The molecule has 1 heterocycles. The average Bonchev–Trinajstić information content (AvgIpc) is 3.46. The number of benzene rings is 7. The molecule has 0 saturated heterocycles. The lowest BCUT2D eigenvalue weighted by Gasteiger charge is -2.25. The van der Waals surface area contributed by atoms with Crippen LogP contribution in [0.5, 0.6) is 0 Å². The predicted molar refractivity (Wildman–Crippen MR) is 191 cm³/mol. The first-order valence-corrected chi connectivity index (χ1v) is 15.4. The van der Waals surface area contributed by atoms with Crippen LogP contribution in [0.4, 0.5) is 17.1 Å². The predicted octanol–water partition coefficient (Wildman–Crippen LogP) is 11.5. The second kappa shape index (κ2) is 11.6. The van der Waals surface area contributed by atoms with Crippen LogP contribution >= 0.6 is 0 Å². The smallest absolute Gasteiger partial charge is 0.0991 e. The summed E-state index contributed by atoms with van der Waals surface area (Å²) < 4.78 is 2.37. The van der Waals surface area contributed by atoms with Gasteiger partial charge in [-0.15, -0.1) is 0 Å². The summed E-state index contributed by atoms with van der Waals surface area (Å²) in [6.07, 6.45) is 0. The van der Waals surface area contributed by atoms with Crippen molar-refractivity contribution in [1.29, 1.82) is 5.26 Å². The van der Waals surface area contributed by atoms with Gasteiger partial charge in [0.25, 0.3) is 0 Å². The van der Waals surface area contributed by atoms with Crippen molar-refractivity contribution in [3.05, 3.63) is 181 Å². The maximum absolute atomic E-state index is 9.36. The average molecular weight is 588 g/mol. The zero-order valence-electron chi connectivity index (χ0n) is 25.1. The van der Waals surface area contributed by atoms with Crippen LogP contribution in [0.3, 0.4) is 0 Å². The zero-order chi connectivity index (χ0) is 30.9. The minimum absolute atomic E-state index is 0.643. The molecule has 0 aliphatic rings. The van der Waals surface area contributed by atoms with Crippen LogP contribution in [-0.4, -0.2) is 4.57 Å². The molecule has 0 fully saturated rings. The number of nitrogens with zero attached hydrogens (tertiary/aromatic N) is 3. The molecule has 0 aliphatic heterocycles. The van der Waals surface area contributed by atoms with Crippen LogP contribution in [0.2, 0.25) is 0 Å². The highest BCUT2D eigenvalue weighted by atomic mass is 15.1. The van der Waals surface area contributed by atoms with Crippen molar-refractivity contribution in [3.63, 3.8) is 0 Å². The van der Waals surface area contributed by atoms with E-state index in [1.807, 2.05) is 42.5 Å². The number of nitriles is 1. The second-order valence-corrected chi connectivity index (χ2v) is 11.3. The van der Waals surface area contributed by atoms with E-state index in [1.54, 1.807) is 0 Å². The molecule has 3 nitrogen and oxygen atoms in total. The van der Waals surface area contributed by atoms with Crippen LogP contribution in [0.1, 0.15) is 5.56 Å². The fourth-order valence-corrected chi connectivity index (χ4v) is 6.47. The van der Waals surface area contributed by atoms with Gasteiger partial charge in [0.1, 0.15) is 0 Å². The van der Waals surface area contributed by atoms with E-state index in [2.05, 4.69) is 149 Å². The Bertz CT molecular complexity index is 2330. The van der Waals surface area contributed by atoms with Crippen molar-refractivity contribution in [2.75, 3.05) is 4.90 Å². The van der Waals surface area contributed by atoms with Gasteiger partial charge in [-0.1, -0.05) is 97.1 Å².